The topological polar surface area (TPSA) is 35.8 Å². The Bertz CT molecular complexity index is 162. The molecule has 4 heteroatoms. The second-order valence-corrected chi connectivity index (χ2v) is 2.52. The number of rotatable bonds is 0. The highest BCUT2D eigenvalue weighted by Gasteiger charge is 2.35. The van der Waals surface area contributed by atoms with Crippen molar-refractivity contribution in [1.82, 2.24) is 5.32 Å². The van der Waals surface area contributed by atoms with Gasteiger partial charge in [-0.2, -0.15) is 5.26 Å². The highest BCUT2D eigenvalue weighted by molar-refractivity contribution is 4.93. The maximum atomic E-state index is 12.4. The molecule has 0 saturated carbocycles. The Morgan fingerprint density at radius 2 is 2.30 bits per heavy atom. The van der Waals surface area contributed by atoms with Gasteiger partial charge in [0.25, 0.3) is 5.92 Å². The van der Waals surface area contributed by atoms with Gasteiger partial charge in [-0.25, -0.2) is 8.78 Å². The van der Waals surface area contributed by atoms with Crippen molar-refractivity contribution in [2.45, 2.75) is 12.3 Å². The molecule has 1 rings (SSSR count). The fourth-order valence-corrected chi connectivity index (χ4v) is 1.03. The highest BCUT2D eigenvalue weighted by atomic mass is 19.3. The number of nitrogens with one attached hydrogen (secondary N) is 1. The normalized spacial score (nSPS) is 31.1. The second-order valence-electron chi connectivity index (χ2n) is 2.52. The molecule has 0 radical (unpaired) electrons. The van der Waals surface area contributed by atoms with Gasteiger partial charge in [-0.15, -0.1) is 0 Å². The minimum absolute atomic E-state index is 0.287. The average molecular weight is 146 g/mol. The Hall–Kier alpha value is -0.690. The molecule has 0 aromatic rings. The van der Waals surface area contributed by atoms with Crippen LogP contribution in [-0.2, 0) is 0 Å². The molecule has 0 spiro atoms. The van der Waals surface area contributed by atoms with Crippen LogP contribution in [0.1, 0.15) is 6.42 Å². The summed E-state index contributed by atoms with van der Waals surface area (Å²) < 4.78 is 24.9. The van der Waals surface area contributed by atoms with Gasteiger partial charge in [-0.05, 0) is 0 Å². The van der Waals surface area contributed by atoms with Crippen molar-refractivity contribution in [2.24, 2.45) is 5.92 Å². The lowest BCUT2D eigenvalue weighted by molar-refractivity contribution is -0.0311. The average Bonchev–Trinajstić information content (AvgIpc) is 1.86. The van der Waals surface area contributed by atoms with Crippen molar-refractivity contribution in [3.8, 4) is 6.07 Å². The van der Waals surface area contributed by atoms with E-state index in [4.69, 9.17) is 5.26 Å². The molecule has 0 bridgehead atoms. The Morgan fingerprint density at radius 1 is 1.60 bits per heavy atom. The lowest BCUT2D eigenvalue weighted by atomic mass is 9.99. The van der Waals surface area contributed by atoms with E-state index in [2.05, 4.69) is 5.32 Å². The van der Waals surface area contributed by atoms with Gasteiger partial charge in [-0.3, -0.25) is 0 Å². The van der Waals surface area contributed by atoms with Crippen LogP contribution in [0, 0.1) is 17.2 Å². The fourth-order valence-electron chi connectivity index (χ4n) is 1.03. The van der Waals surface area contributed by atoms with Crippen LogP contribution in [0.2, 0.25) is 0 Å². The summed E-state index contributed by atoms with van der Waals surface area (Å²) in [5.41, 5.74) is 0. The molecule has 1 aliphatic rings. The molecule has 2 nitrogen and oxygen atoms in total. The number of piperidine rings is 1. The minimum atomic E-state index is -2.68. The lowest BCUT2D eigenvalue weighted by Gasteiger charge is -2.25. The van der Waals surface area contributed by atoms with E-state index in [-0.39, 0.29) is 13.0 Å². The van der Waals surface area contributed by atoms with Gasteiger partial charge in [0.05, 0.1) is 18.5 Å². The van der Waals surface area contributed by atoms with Crippen molar-refractivity contribution in [1.29, 1.82) is 5.26 Å². The van der Waals surface area contributed by atoms with Crippen LogP contribution in [0.15, 0.2) is 0 Å². The molecular formula is C6H8F2N2. The monoisotopic (exact) mass is 146 g/mol. The first-order valence-electron chi connectivity index (χ1n) is 3.12. The molecule has 0 aromatic carbocycles. The Labute approximate surface area is 57.8 Å². The van der Waals surface area contributed by atoms with Gasteiger partial charge in [0.15, 0.2) is 0 Å². The molecular weight excluding hydrogens is 138 g/mol. The van der Waals surface area contributed by atoms with Crippen LogP contribution in [0.4, 0.5) is 8.78 Å². The van der Waals surface area contributed by atoms with Gasteiger partial charge in [-0.1, -0.05) is 0 Å². The number of halogens is 2. The Balaban J connectivity index is 2.49. The van der Waals surface area contributed by atoms with E-state index in [0.717, 1.165) is 0 Å². The van der Waals surface area contributed by atoms with E-state index in [0.29, 0.717) is 6.54 Å². The zero-order valence-corrected chi connectivity index (χ0v) is 5.40. The number of hydrogen-bond donors (Lipinski definition) is 1. The molecule has 0 amide bonds. The van der Waals surface area contributed by atoms with E-state index >= 15 is 0 Å². The van der Waals surface area contributed by atoms with Crippen LogP contribution < -0.4 is 5.32 Å². The molecule has 1 heterocycles. The summed E-state index contributed by atoms with van der Waals surface area (Å²) in [5.74, 6) is -3.21. The van der Waals surface area contributed by atoms with Crippen molar-refractivity contribution in [3.63, 3.8) is 0 Å². The smallest absolute Gasteiger partial charge is 0.261 e. The van der Waals surface area contributed by atoms with Gasteiger partial charge in [0.2, 0.25) is 0 Å². The summed E-state index contributed by atoms with van der Waals surface area (Å²) in [7, 11) is 0. The van der Waals surface area contributed by atoms with Crippen molar-refractivity contribution >= 4 is 0 Å². The first kappa shape index (κ1) is 7.42. The summed E-state index contributed by atoms with van der Waals surface area (Å²) in [6, 6.07) is 1.82. The SMILES string of the molecule is N#C[C@@H]1CNCC(F)(F)C1. The zero-order chi connectivity index (χ0) is 7.61. The third kappa shape index (κ3) is 1.64. The third-order valence-electron chi connectivity index (χ3n) is 1.50. The van der Waals surface area contributed by atoms with Crippen molar-refractivity contribution in [2.75, 3.05) is 13.1 Å². The lowest BCUT2D eigenvalue weighted by Crippen LogP contribution is -2.43. The summed E-state index contributed by atoms with van der Waals surface area (Å²) >= 11 is 0. The van der Waals surface area contributed by atoms with Crippen LogP contribution in [0.25, 0.3) is 0 Å². The molecule has 0 aromatic heterocycles. The number of nitrogens with zero attached hydrogens (tertiary/aromatic N) is 1. The van der Waals surface area contributed by atoms with Crippen molar-refractivity contribution in [3.05, 3.63) is 0 Å². The third-order valence-corrected chi connectivity index (χ3v) is 1.50. The Morgan fingerprint density at radius 3 is 2.70 bits per heavy atom. The van der Waals surface area contributed by atoms with Crippen LogP contribution in [-0.4, -0.2) is 19.0 Å². The second kappa shape index (κ2) is 2.51. The largest absolute Gasteiger partial charge is 0.310 e. The molecule has 0 aliphatic carbocycles. The molecule has 1 fully saturated rings. The molecule has 0 unspecified atom stereocenters. The summed E-state index contributed by atoms with van der Waals surface area (Å²) in [6.07, 6.45) is -0.295. The van der Waals surface area contributed by atoms with Crippen LogP contribution >= 0.6 is 0 Å². The molecule has 56 valence electrons. The molecule has 1 aliphatic heterocycles. The molecule has 1 atom stereocenters. The summed E-state index contributed by atoms with van der Waals surface area (Å²) in [4.78, 5) is 0. The number of alkyl halides is 2. The molecule has 1 saturated heterocycles. The maximum Gasteiger partial charge on any atom is 0.261 e. The van der Waals surface area contributed by atoms with Gasteiger partial charge >= 0.3 is 0 Å². The van der Waals surface area contributed by atoms with Crippen LogP contribution in [0.5, 0.6) is 0 Å². The van der Waals surface area contributed by atoms with E-state index < -0.39 is 11.8 Å². The van der Waals surface area contributed by atoms with Crippen LogP contribution in [0.3, 0.4) is 0 Å². The highest BCUT2D eigenvalue weighted by Crippen LogP contribution is 2.25. The predicted octanol–water partition coefficient (Wildman–Crippen LogP) is 0.755. The standard InChI is InChI=1S/C6H8F2N2/c7-6(8)1-5(2-9)3-10-4-6/h5,10H,1,3-4H2/t5-/m1/s1. The quantitative estimate of drug-likeness (QED) is 0.547. The van der Waals surface area contributed by atoms with E-state index in [1.165, 1.54) is 0 Å². The number of hydrogen-bond acceptors (Lipinski definition) is 2. The van der Waals surface area contributed by atoms with Gasteiger partial charge in [0, 0.05) is 13.0 Å². The maximum absolute atomic E-state index is 12.4. The zero-order valence-electron chi connectivity index (χ0n) is 5.40. The summed E-state index contributed by atoms with van der Waals surface area (Å²) in [6.45, 7) is 0.108. The minimum Gasteiger partial charge on any atom is -0.310 e. The molecule has 1 N–H and O–H groups in total. The first-order chi connectivity index (χ1) is 4.64. The predicted molar refractivity (Wildman–Crippen MR) is 31.5 cm³/mol. The van der Waals surface area contributed by atoms with Crippen molar-refractivity contribution < 1.29 is 8.78 Å². The number of nitriles is 1. The van der Waals surface area contributed by atoms with Gasteiger partial charge in [0.1, 0.15) is 0 Å². The first-order valence-corrected chi connectivity index (χ1v) is 3.12. The summed E-state index contributed by atoms with van der Waals surface area (Å²) in [5, 5.41) is 10.8. The van der Waals surface area contributed by atoms with E-state index in [1.807, 2.05) is 6.07 Å². The van der Waals surface area contributed by atoms with E-state index in [9.17, 15) is 8.78 Å². The van der Waals surface area contributed by atoms with Gasteiger partial charge < -0.3 is 5.32 Å². The molecule has 10 heavy (non-hydrogen) atoms. The van der Waals surface area contributed by atoms with E-state index in [1.54, 1.807) is 0 Å². The Kier molecular flexibility index (Phi) is 1.86. The fraction of sp³-hybridized carbons (Fsp3) is 0.833.